The number of phenols is 2. The molecule has 2 aromatic carbocycles. The Labute approximate surface area is 111 Å². The van der Waals surface area contributed by atoms with Gasteiger partial charge in [0.05, 0.1) is 5.56 Å². The van der Waals surface area contributed by atoms with E-state index in [-0.39, 0.29) is 23.0 Å². The van der Waals surface area contributed by atoms with E-state index in [1.165, 1.54) is 12.1 Å². The van der Waals surface area contributed by atoms with Crippen LogP contribution in [0.25, 0.3) is 0 Å². The van der Waals surface area contributed by atoms with Crippen molar-refractivity contribution in [2.75, 3.05) is 0 Å². The molecule has 0 aromatic heterocycles. The van der Waals surface area contributed by atoms with Crippen LogP contribution in [0.1, 0.15) is 21.5 Å². The molecule has 0 bridgehead atoms. The highest BCUT2D eigenvalue weighted by atomic mass is 16.3. The van der Waals surface area contributed by atoms with Gasteiger partial charge in [-0.3, -0.25) is 4.79 Å². The monoisotopic (exact) mass is 257 g/mol. The van der Waals surface area contributed by atoms with Crippen LogP contribution in [0.4, 0.5) is 0 Å². The first-order valence-corrected chi connectivity index (χ1v) is 5.92. The molecule has 2 rings (SSSR count). The van der Waals surface area contributed by atoms with Gasteiger partial charge in [-0.25, -0.2) is 0 Å². The van der Waals surface area contributed by atoms with Gasteiger partial charge < -0.3 is 15.5 Å². The number of benzene rings is 2. The first-order valence-electron chi connectivity index (χ1n) is 5.92. The molecule has 0 spiro atoms. The Morgan fingerprint density at radius 1 is 1.11 bits per heavy atom. The summed E-state index contributed by atoms with van der Waals surface area (Å²) in [5, 5.41) is 21.5. The van der Waals surface area contributed by atoms with Crippen LogP contribution in [0, 0.1) is 6.92 Å². The van der Waals surface area contributed by atoms with E-state index in [9.17, 15) is 9.90 Å². The number of amides is 1. The van der Waals surface area contributed by atoms with Crippen molar-refractivity contribution < 1.29 is 15.0 Å². The Hall–Kier alpha value is -2.49. The Morgan fingerprint density at radius 2 is 1.79 bits per heavy atom. The van der Waals surface area contributed by atoms with Crippen molar-refractivity contribution >= 4 is 5.91 Å². The molecule has 0 radical (unpaired) electrons. The Balaban J connectivity index is 2.03. The molecule has 3 N–H and O–H groups in total. The number of rotatable bonds is 3. The van der Waals surface area contributed by atoms with Crippen LogP contribution < -0.4 is 5.32 Å². The van der Waals surface area contributed by atoms with Crippen molar-refractivity contribution in [3.63, 3.8) is 0 Å². The molecule has 4 heteroatoms. The molecular formula is C15H15NO3. The summed E-state index contributed by atoms with van der Waals surface area (Å²) in [4.78, 5) is 11.9. The molecule has 0 heterocycles. The van der Waals surface area contributed by atoms with Crippen molar-refractivity contribution in [1.29, 1.82) is 0 Å². The quantitative estimate of drug-likeness (QED) is 0.790. The van der Waals surface area contributed by atoms with Crippen LogP contribution in [0.2, 0.25) is 0 Å². The molecule has 0 saturated heterocycles. The van der Waals surface area contributed by atoms with E-state index < -0.39 is 0 Å². The number of nitrogens with one attached hydrogen (secondary N) is 1. The van der Waals surface area contributed by atoms with Gasteiger partial charge in [-0.15, -0.1) is 0 Å². The number of carbonyl (C=O) groups is 1. The van der Waals surface area contributed by atoms with Crippen molar-refractivity contribution in [3.05, 3.63) is 59.2 Å². The average Bonchev–Trinajstić information content (AvgIpc) is 2.37. The van der Waals surface area contributed by atoms with Crippen LogP contribution in [-0.2, 0) is 6.54 Å². The van der Waals surface area contributed by atoms with Gasteiger partial charge in [0.15, 0.2) is 0 Å². The van der Waals surface area contributed by atoms with E-state index in [0.717, 1.165) is 17.2 Å². The van der Waals surface area contributed by atoms with Crippen LogP contribution in [-0.4, -0.2) is 16.1 Å². The molecule has 1 amide bonds. The first-order chi connectivity index (χ1) is 9.06. The zero-order valence-corrected chi connectivity index (χ0v) is 10.6. The van der Waals surface area contributed by atoms with Gasteiger partial charge in [0.2, 0.25) is 0 Å². The van der Waals surface area contributed by atoms with E-state index in [2.05, 4.69) is 5.32 Å². The van der Waals surface area contributed by atoms with Crippen LogP contribution >= 0.6 is 0 Å². The van der Waals surface area contributed by atoms with Gasteiger partial charge in [-0.1, -0.05) is 29.8 Å². The summed E-state index contributed by atoms with van der Waals surface area (Å²) in [6.45, 7) is 2.39. The van der Waals surface area contributed by atoms with E-state index in [4.69, 9.17) is 5.11 Å². The summed E-state index contributed by atoms with van der Waals surface area (Å²) < 4.78 is 0. The second-order valence-electron chi connectivity index (χ2n) is 4.37. The van der Waals surface area contributed by atoms with Crippen molar-refractivity contribution in [2.45, 2.75) is 13.5 Å². The molecule has 98 valence electrons. The van der Waals surface area contributed by atoms with Gasteiger partial charge in [0, 0.05) is 12.6 Å². The van der Waals surface area contributed by atoms with Crippen LogP contribution in [0.5, 0.6) is 11.5 Å². The summed E-state index contributed by atoms with van der Waals surface area (Å²) in [6, 6.07) is 11.7. The Kier molecular flexibility index (Phi) is 3.71. The van der Waals surface area contributed by atoms with Gasteiger partial charge >= 0.3 is 0 Å². The lowest BCUT2D eigenvalue weighted by Crippen LogP contribution is -2.22. The standard InChI is InChI=1S/C15H15NO3/c1-10-2-4-11(5-3-10)9-16-15(19)13-7-6-12(17)8-14(13)18/h2-8,17-18H,9H2,1H3,(H,16,19). The zero-order valence-electron chi connectivity index (χ0n) is 10.6. The fourth-order valence-corrected chi connectivity index (χ4v) is 1.70. The maximum Gasteiger partial charge on any atom is 0.255 e. The average molecular weight is 257 g/mol. The summed E-state index contributed by atoms with van der Waals surface area (Å²) in [7, 11) is 0. The second kappa shape index (κ2) is 5.44. The minimum Gasteiger partial charge on any atom is -0.508 e. The highest BCUT2D eigenvalue weighted by Gasteiger charge is 2.11. The minimum atomic E-state index is -0.377. The molecule has 0 saturated carbocycles. The number of aryl methyl sites for hydroxylation is 1. The molecule has 4 nitrogen and oxygen atoms in total. The van der Waals surface area contributed by atoms with E-state index in [1.54, 1.807) is 0 Å². The smallest absolute Gasteiger partial charge is 0.255 e. The largest absolute Gasteiger partial charge is 0.508 e. The molecule has 0 unspecified atom stereocenters. The summed E-state index contributed by atoms with van der Waals surface area (Å²) in [6.07, 6.45) is 0. The van der Waals surface area contributed by atoms with Crippen molar-refractivity contribution in [3.8, 4) is 11.5 Å². The van der Waals surface area contributed by atoms with E-state index in [1.807, 2.05) is 31.2 Å². The highest BCUT2D eigenvalue weighted by molar-refractivity contribution is 5.96. The van der Waals surface area contributed by atoms with Gasteiger partial charge in [0.25, 0.3) is 5.91 Å². The first kappa shape index (κ1) is 13.0. The summed E-state index contributed by atoms with van der Waals surface area (Å²) in [5.74, 6) is -0.688. The molecule has 2 aromatic rings. The molecule has 0 aliphatic rings. The van der Waals surface area contributed by atoms with Gasteiger partial charge in [-0.05, 0) is 24.6 Å². The van der Waals surface area contributed by atoms with Gasteiger partial charge in [0.1, 0.15) is 11.5 Å². The third kappa shape index (κ3) is 3.25. The number of hydrogen-bond donors (Lipinski definition) is 3. The number of carbonyl (C=O) groups excluding carboxylic acids is 1. The van der Waals surface area contributed by atoms with Gasteiger partial charge in [-0.2, -0.15) is 0 Å². The van der Waals surface area contributed by atoms with E-state index >= 15 is 0 Å². The zero-order chi connectivity index (χ0) is 13.8. The molecule has 0 aliphatic heterocycles. The SMILES string of the molecule is Cc1ccc(CNC(=O)c2ccc(O)cc2O)cc1. The Bertz CT molecular complexity index is 591. The maximum absolute atomic E-state index is 11.9. The minimum absolute atomic E-state index is 0.0763. The second-order valence-corrected chi connectivity index (χ2v) is 4.37. The molecule has 0 aliphatic carbocycles. The molecule has 0 atom stereocenters. The topological polar surface area (TPSA) is 69.6 Å². The fourth-order valence-electron chi connectivity index (χ4n) is 1.70. The lowest BCUT2D eigenvalue weighted by molar-refractivity contribution is 0.0948. The highest BCUT2D eigenvalue weighted by Crippen LogP contribution is 2.22. The predicted octanol–water partition coefficient (Wildman–Crippen LogP) is 2.34. The molecular weight excluding hydrogens is 242 g/mol. The lowest BCUT2D eigenvalue weighted by atomic mass is 10.1. The maximum atomic E-state index is 11.9. The Morgan fingerprint density at radius 3 is 2.42 bits per heavy atom. The number of hydrogen-bond acceptors (Lipinski definition) is 3. The number of phenolic OH excluding ortho intramolecular Hbond substituents is 2. The molecule has 19 heavy (non-hydrogen) atoms. The molecule has 0 fully saturated rings. The van der Waals surface area contributed by atoms with E-state index in [0.29, 0.717) is 6.54 Å². The van der Waals surface area contributed by atoms with Crippen LogP contribution in [0.3, 0.4) is 0 Å². The normalized spacial score (nSPS) is 10.2. The fraction of sp³-hybridized carbons (Fsp3) is 0.133. The number of aromatic hydroxyl groups is 2. The van der Waals surface area contributed by atoms with Crippen molar-refractivity contribution in [1.82, 2.24) is 5.32 Å². The third-order valence-electron chi connectivity index (χ3n) is 2.80. The van der Waals surface area contributed by atoms with Crippen molar-refractivity contribution in [2.24, 2.45) is 0 Å². The summed E-state index contributed by atoms with van der Waals surface area (Å²) >= 11 is 0. The summed E-state index contributed by atoms with van der Waals surface area (Å²) in [5.41, 5.74) is 2.29. The third-order valence-corrected chi connectivity index (χ3v) is 2.80. The predicted molar refractivity (Wildman–Crippen MR) is 72.1 cm³/mol. The lowest BCUT2D eigenvalue weighted by Gasteiger charge is -2.07. The van der Waals surface area contributed by atoms with Crippen LogP contribution in [0.15, 0.2) is 42.5 Å².